The van der Waals surface area contributed by atoms with Crippen LogP contribution in [0, 0.1) is 6.92 Å². The predicted molar refractivity (Wildman–Crippen MR) is 112 cm³/mol. The van der Waals surface area contributed by atoms with E-state index in [1.165, 1.54) is 58.2 Å². The topological polar surface area (TPSA) is 12.9 Å². The van der Waals surface area contributed by atoms with E-state index in [0.29, 0.717) is 0 Å². The molecule has 0 bridgehead atoms. The van der Waals surface area contributed by atoms with Gasteiger partial charge in [-0.05, 0) is 55.4 Å². The van der Waals surface area contributed by atoms with E-state index in [2.05, 4.69) is 67.6 Å². The highest BCUT2D eigenvalue weighted by molar-refractivity contribution is 7.19. The first-order chi connectivity index (χ1) is 12.8. The second-order valence-electron chi connectivity index (χ2n) is 7.18. The summed E-state index contributed by atoms with van der Waals surface area (Å²) in [6, 6.07) is 21.8. The van der Waals surface area contributed by atoms with Gasteiger partial charge in [-0.15, -0.1) is 11.3 Å². The summed E-state index contributed by atoms with van der Waals surface area (Å²) >= 11 is 1.91. The molecule has 2 aromatic carbocycles. The average molecular weight is 356 g/mol. The summed E-state index contributed by atoms with van der Waals surface area (Å²) in [5.74, 6) is 0. The zero-order chi connectivity index (χ0) is 17.5. The zero-order valence-electron chi connectivity index (χ0n) is 15.0. The van der Waals surface area contributed by atoms with Gasteiger partial charge in [0, 0.05) is 15.8 Å². The molecule has 0 radical (unpaired) electrons. The number of thiophene rings is 1. The third-order valence-electron chi connectivity index (χ3n) is 5.36. The molecule has 1 nitrogen and oxygen atoms in total. The number of nitrogens with zero attached hydrogens (tertiary/aromatic N) is 1. The van der Waals surface area contributed by atoms with Crippen molar-refractivity contribution < 1.29 is 0 Å². The summed E-state index contributed by atoms with van der Waals surface area (Å²) in [5, 5.41) is 1.40. The molecule has 2 heterocycles. The summed E-state index contributed by atoms with van der Waals surface area (Å²) < 4.78 is 0. The molecule has 0 saturated carbocycles. The van der Waals surface area contributed by atoms with Gasteiger partial charge in [0.25, 0.3) is 0 Å². The molecule has 0 saturated heterocycles. The highest BCUT2D eigenvalue weighted by atomic mass is 32.1. The van der Waals surface area contributed by atoms with Crippen LogP contribution in [0.15, 0.2) is 60.7 Å². The molecule has 0 spiro atoms. The van der Waals surface area contributed by atoms with Gasteiger partial charge in [0.2, 0.25) is 0 Å². The van der Waals surface area contributed by atoms with E-state index in [0.717, 1.165) is 5.69 Å². The molecule has 0 amide bonds. The van der Waals surface area contributed by atoms with Crippen LogP contribution < -0.4 is 0 Å². The summed E-state index contributed by atoms with van der Waals surface area (Å²) in [7, 11) is 0. The molecule has 0 N–H and O–H groups in total. The van der Waals surface area contributed by atoms with Crippen molar-refractivity contribution in [3.8, 4) is 22.4 Å². The highest BCUT2D eigenvalue weighted by Gasteiger charge is 2.21. The smallest absolute Gasteiger partial charge is 0.125 e. The maximum absolute atomic E-state index is 5.08. The van der Waals surface area contributed by atoms with Crippen LogP contribution >= 0.6 is 11.3 Å². The van der Waals surface area contributed by atoms with Crippen LogP contribution in [-0.2, 0) is 12.8 Å². The maximum atomic E-state index is 5.08. The summed E-state index contributed by atoms with van der Waals surface area (Å²) in [4.78, 5) is 7.84. The van der Waals surface area contributed by atoms with Crippen LogP contribution in [0.25, 0.3) is 32.6 Å². The van der Waals surface area contributed by atoms with Crippen LogP contribution in [0.5, 0.6) is 0 Å². The Morgan fingerprint density at radius 1 is 0.846 bits per heavy atom. The first kappa shape index (κ1) is 15.8. The number of aryl methyl sites for hydroxylation is 3. The molecule has 4 aromatic rings. The number of benzene rings is 2. The van der Waals surface area contributed by atoms with Crippen molar-refractivity contribution in [1.29, 1.82) is 0 Å². The van der Waals surface area contributed by atoms with Crippen LogP contribution in [0.4, 0.5) is 0 Å². The lowest BCUT2D eigenvalue weighted by atomic mass is 9.92. The van der Waals surface area contributed by atoms with Crippen molar-refractivity contribution in [2.75, 3.05) is 0 Å². The Kier molecular flexibility index (Phi) is 3.86. The Labute approximate surface area is 158 Å². The van der Waals surface area contributed by atoms with Gasteiger partial charge in [-0.3, -0.25) is 0 Å². The highest BCUT2D eigenvalue weighted by Crippen LogP contribution is 2.42. The van der Waals surface area contributed by atoms with Crippen LogP contribution in [0.3, 0.4) is 0 Å². The molecule has 26 heavy (non-hydrogen) atoms. The standard InChI is InChI=1S/C24H21NS/c1-16-11-13-18(14-12-16)21-15-20(17-7-3-2-4-8-17)23-19-9-5-6-10-22(19)26-24(23)25-21/h2-4,7-8,11-15H,5-6,9-10H2,1H3. The van der Waals surface area contributed by atoms with Crippen molar-refractivity contribution in [1.82, 2.24) is 4.98 Å². The van der Waals surface area contributed by atoms with Crippen molar-refractivity contribution in [3.63, 3.8) is 0 Å². The lowest BCUT2D eigenvalue weighted by Gasteiger charge is -2.13. The SMILES string of the molecule is Cc1ccc(-c2cc(-c3ccccc3)c3c4c(sc3n2)CCCC4)cc1. The second kappa shape index (κ2) is 6.37. The Morgan fingerprint density at radius 2 is 1.62 bits per heavy atom. The van der Waals surface area contributed by atoms with Crippen molar-refractivity contribution in [3.05, 3.63) is 76.7 Å². The van der Waals surface area contributed by atoms with Gasteiger partial charge in [0.1, 0.15) is 4.83 Å². The van der Waals surface area contributed by atoms with E-state index >= 15 is 0 Å². The molecule has 1 aliphatic carbocycles. The average Bonchev–Trinajstić information content (AvgIpc) is 3.07. The van der Waals surface area contributed by atoms with Crippen molar-refractivity contribution in [2.45, 2.75) is 32.6 Å². The molecule has 2 aromatic heterocycles. The number of fused-ring (bicyclic) bond motifs is 3. The number of rotatable bonds is 2. The molecule has 0 unspecified atom stereocenters. The minimum absolute atomic E-state index is 1.08. The molecule has 128 valence electrons. The van der Waals surface area contributed by atoms with Crippen LogP contribution in [0.2, 0.25) is 0 Å². The summed E-state index contributed by atoms with van der Waals surface area (Å²) in [6.07, 6.45) is 5.02. The van der Waals surface area contributed by atoms with Crippen molar-refractivity contribution >= 4 is 21.6 Å². The second-order valence-corrected chi connectivity index (χ2v) is 8.26. The van der Waals surface area contributed by atoms with E-state index in [9.17, 15) is 0 Å². The molecule has 0 fully saturated rings. The largest absolute Gasteiger partial charge is 0.237 e. The lowest BCUT2D eigenvalue weighted by molar-refractivity contribution is 0.700. The first-order valence-electron chi connectivity index (χ1n) is 9.37. The van der Waals surface area contributed by atoms with E-state index in [-0.39, 0.29) is 0 Å². The minimum atomic E-state index is 1.08. The Balaban J connectivity index is 1.80. The monoisotopic (exact) mass is 355 g/mol. The van der Waals surface area contributed by atoms with E-state index in [4.69, 9.17) is 4.98 Å². The number of hydrogen-bond acceptors (Lipinski definition) is 2. The van der Waals surface area contributed by atoms with Crippen molar-refractivity contribution in [2.24, 2.45) is 0 Å². The maximum Gasteiger partial charge on any atom is 0.125 e. The summed E-state index contributed by atoms with van der Waals surface area (Å²) in [5.41, 5.74) is 7.74. The molecular weight excluding hydrogens is 334 g/mol. The van der Waals surface area contributed by atoms with E-state index in [1.54, 1.807) is 10.4 Å². The van der Waals surface area contributed by atoms with Gasteiger partial charge in [-0.2, -0.15) is 0 Å². The fraction of sp³-hybridized carbons (Fsp3) is 0.208. The molecular formula is C24H21NS. The Hall–Kier alpha value is -2.45. The number of hydrogen-bond donors (Lipinski definition) is 0. The molecule has 5 rings (SSSR count). The van der Waals surface area contributed by atoms with Crippen LogP contribution in [0.1, 0.15) is 28.8 Å². The fourth-order valence-electron chi connectivity index (χ4n) is 3.98. The lowest BCUT2D eigenvalue weighted by Crippen LogP contribution is -1.98. The Bertz CT molecular complexity index is 1070. The quantitative estimate of drug-likeness (QED) is 0.384. The van der Waals surface area contributed by atoms with Gasteiger partial charge in [-0.1, -0.05) is 60.2 Å². The molecule has 2 heteroatoms. The first-order valence-corrected chi connectivity index (χ1v) is 10.2. The van der Waals surface area contributed by atoms with E-state index in [1.807, 2.05) is 11.3 Å². The third kappa shape index (κ3) is 2.65. The molecule has 0 atom stereocenters. The normalized spacial score (nSPS) is 13.7. The van der Waals surface area contributed by atoms with Gasteiger partial charge in [-0.25, -0.2) is 4.98 Å². The molecule has 1 aliphatic rings. The van der Waals surface area contributed by atoms with Crippen LogP contribution in [-0.4, -0.2) is 4.98 Å². The van der Waals surface area contributed by atoms with Gasteiger partial charge in [0.05, 0.1) is 5.69 Å². The zero-order valence-corrected chi connectivity index (χ0v) is 15.8. The minimum Gasteiger partial charge on any atom is -0.237 e. The number of aromatic nitrogens is 1. The summed E-state index contributed by atoms with van der Waals surface area (Å²) in [6.45, 7) is 2.13. The number of pyridine rings is 1. The van der Waals surface area contributed by atoms with Gasteiger partial charge >= 0.3 is 0 Å². The predicted octanol–water partition coefficient (Wildman–Crippen LogP) is 6.82. The van der Waals surface area contributed by atoms with E-state index < -0.39 is 0 Å². The molecule has 0 aliphatic heterocycles. The van der Waals surface area contributed by atoms with Gasteiger partial charge in [0.15, 0.2) is 0 Å². The third-order valence-corrected chi connectivity index (χ3v) is 6.54. The Morgan fingerprint density at radius 3 is 2.42 bits per heavy atom. The van der Waals surface area contributed by atoms with Gasteiger partial charge < -0.3 is 0 Å². The fourth-order valence-corrected chi connectivity index (χ4v) is 5.26.